The summed E-state index contributed by atoms with van der Waals surface area (Å²) in [5, 5.41) is 7.29. The molecule has 0 aliphatic carbocycles. The first-order valence-corrected chi connectivity index (χ1v) is 8.53. The molecule has 134 valence electrons. The van der Waals surface area contributed by atoms with Gasteiger partial charge in [-0.25, -0.2) is 15.0 Å². The van der Waals surface area contributed by atoms with Crippen molar-refractivity contribution in [1.29, 1.82) is 0 Å². The molecule has 1 saturated heterocycles. The minimum absolute atomic E-state index is 0.0359. The van der Waals surface area contributed by atoms with Crippen LogP contribution < -0.4 is 5.32 Å². The van der Waals surface area contributed by atoms with Crippen LogP contribution in [0.1, 0.15) is 23.3 Å². The normalized spacial score (nSPS) is 18.0. The second-order valence-electron chi connectivity index (χ2n) is 6.13. The molecule has 0 spiro atoms. The van der Waals surface area contributed by atoms with Crippen LogP contribution in [0.4, 0.5) is 11.6 Å². The number of anilines is 2. The number of hydrogen-bond acceptors (Lipinski definition) is 8. The average Bonchev–Trinajstić information content (AvgIpc) is 3.08. The van der Waals surface area contributed by atoms with Crippen LogP contribution in [0.2, 0.25) is 0 Å². The molecule has 0 unspecified atom stereocenters. The molecule has 0 radical (unpaired) electrons. The summed E-state index contributed by atoms with van der Waals surface area (Å²) in [6.45, 7) is 4.58. The van der Waals surface area contributed by atoms with Gasteiger partial charge in [0.2, 0.25) is 0 Å². The zero-order valence-electron chi connectivity index (χ0n) is 14.5. The number of hydrogen-bond donors (Lipinski definition) is 1. The second kappa shape index (κ2) is 7.59. The molecule has 4 rings (SSSR count). The number of ether oxygens (including phenoxy) is 1. The molecule has 4 heterocycles. The monoisotopic (exact) mass is 352 g/mol. The first-order chi connectivity index (χ1) is 12.8. The lowest BCUT2D eigenvalue weighted by atomic mass is 10.2. The molecular formula is C18H20N6O2. The zero-order valence-corrected chi connectivity index (χ0v) is 14.5. The summed E-state index contributed by atoms with van der Waals surface area (Å²) in [5.74, 6) is 2.97. The molecular weight excluding hydrogens is 332 g/mol. The predicted molar refractivity (Wildman–Crippen MR) is 94.8 cm³/mol. The van der Waals surface area contributed by atoms with Gasteiger partial charge in [0.1, 0.15) is 23.2 Å². The van der Waals surface area contributed by atoms with Crippen molar-refractivity contribution < 1.29 is 9.26 Å². The van der Waals surface area contributed by atoms with Crippen molar-refractivity contribution in [3.8, 4) is 0 Å². The Kier molecular flexibility index (Phi) is 4.85. The maximum atomic E-state index is 5.67. The fourth-order valence-electron chi connectivity index (χ4n) is 2.94. The molecule has 0 saturated carbocycles. The molecule has 1 aliphatic heterocycles. The van der Waals surface area contributed by atoms with Gasteiger partial charge in [0.05, 0.1) is 24.9 Å². The van der Waals surface area contributed by atoms with Crippen LogP contribution in [0.15, 0.2) is 47.2 Å². The highest BCUT2D eigenvalue weighted by atomic mass is 16.5. The molecule has 3 aromatic heterocycles. The van der Waals surface area contributed by atoms with E-state index >= 15 is 0 Å². The fourth-order valence-corrected chi connectivity index (χ4v) is 2.94. The van der Waals surface area contributed by atoms with Gasteiger partial charge in [-0.05, 0) is 25.1 Å². The van der Waals surface area contributed by atoms with Gasteiger partial charge < -0.3 is 14.6 Å². The predicted octanol–water partition coefficient (Wildman–Crippen LogP) is 2.49. The Hall–Kier alpha value is -2.84. The summed E-state index contributed by atoms with van der Waals surface area (Å²) in [5.41, 5.74) is 0.900. The van der Waals surface area contributed by atoms with Crippen LogP contribution in [-0.4, -0.2) is 44.8 Å². The van der Waals surface area contributed by atoms with E-state index in [0.29, 0.717) is 31.4 Å². The molecule has 1 fully saturated rings. The molecule has 1 aliphatic rings. The summed E-state index contributed by atoms with van der Waals surface area (Å²) in [7, 11) is 0. The molecule has 0 amide bonds. The molecule has 26 heavy (non-hydrogen) atoms. The Bertz CT molecular complexity index is 854. The van der Waals surface area contributed by atoms with Gasteiger partial charge in [0.25, 0.3) is 0 Å². The minimum atomic E-state index is -0.0359. The SMILES string of the molecule is Cc1cc(CN2CCOC[C@H]2c2nccc(Nc3ccccn3)n2)no1. The lowest BCUT2D eigenvalue weighted by Crippen LogP contribution is -2.40. The molecule has 8 nitrogen and oxygen atoms in total. The van der Waals surface area contributed by atoms with E-state index in [1.165, 1.54) is 0 Å². The highest BCUT2D eigenvalue weighted by molar-refractivity contribution is 5.50. The van der Waals surface area contributed by atoms with Gasteiger partial charge in [-0.3, -0.25) is 4.90 Å². The first kappa shape index (κ1) is 16.6. The Morgan fingerprint density at radius 3 is 2.96 bits per heavy atom. The summed E-state index contributed by atoms with van der Waals surface area (Å²) in [6.07, 6.45) is 3.49. The highest BCUT2D eigenvalue weighted by Gasteiger charge is 2.28. The summed E-state index contributed by atoms with van der Waals surface area (Å²) < 4.78 is 10.8. The third kappa shape index (κ3) is 3.87. The van der Waals surface area contributed by atoms with Crippen molar-refractivity contribution in [3.05, 3.63) is 60.0 Å². The minimum Gasteiger partial charge on any atom is -0.378 e. The van der Waals surface area contributed by atoms with Crippen LogP contribution in [-0.2, 0) is 11.3 Å². The Labute approximate surface area is 151 Å². The number of nitrogens with zero attached hydrogens (tertiary/aromatic N) is 5. The average molecular weight is 352 g/mol. The van der Waals surface area contributed by atoms with E-state index in [-0.39, 0.29) is 6.04 Å². The molecule has 0 aromatic carbocycles. The van der Waals surface area contributed by atoms with Gasteiger partial charge in [-0.2, -0.15) is 0 Å². The molecule has 0 bridgehead atoms. The third-order valence-electron chi connectivity index (χ3n) is 4.17. The quantitative estimate of drug-likeness (QED) is 0.749. The number of pyridine rings is 1. The molecule has 1 N–H and O–H groups in total. The Morgan fingerprint density at radius 1 is 1.19 bits per heavy atom. The first-order valence-electron chi connectivity index (χ1n) is 8.53. The highest BCUT2D eigenvalue weighted by Crippen LogP contribution is 2.24. The van der Waals surface area contributed by atoms with E-state index in [0.717, 1.165) is 23.8 Å². The zero-order chi connectivity index (χ0) is 17.8. The van der Waals surface area contributed by atoms with Crippen LogP contribution >= 0.6 is 0 Å². The van der Waals surface area contributed by atoms with Crippen LogP contribution in [0, 0.1) is 6.92 Å². The summed E-state index contributed by atoms with van der Waals surface area (Å²) in [6, 6.07) is 9.43. The van der Waals surface area contributed by atoms with E-state index < -0.39 is 0 Å². The summed E-state index contributed by atoms with van der Waals surface area (Å²) in [4.78, 5) is 15.7. The number of aryl methyl sites for hydroxylation is 1. The van der Waals surface area contributed by atoms with Crippen molar-refractivity contribution in [1.82, 2.24) is 25.0 Å². The smallest absolute Gasteiger partial charge is 0.150 e. The van der Waals surface area contributed by atoms with E-state index in [2.05, 4.69) is 30.3 Å². The van der Waals surface area contributed by atoms with Crippen LogP contribution in [0.5, 0.6) is 0 Å². The molecule has 3 aromatic rings. The van der Waals surface area contributed by atoms with E-state index in [1.807, 2.05) is 37.3 Å². The van der Waals surface area contributed by atoms with Crippen molar-refractivity contribution in [2.75, 3.05) is 25.1 Å². The van der Waals surface area contributed by atoms with Crippen molar-refractivity contribution in [3.63, 3.8) is 0 Å². The summed E-state index contributed by atoms with van der Waals surface area (Å²) >= 11 is 0. The standard InChI is InChI=1S/C18H20N6O2/c1-13-10-14(23-26-13)11-24-8-9-25-12-15(24)18-20-7-5-17(22-18)21-16-4-2-3-6-19-16/h2-7,10,15H,8-9,11-12H2,1H3,(H,19,20,21,22)/t15-/m0/s1. The lowest BCUT2D eigenvalue weighted by Gasteiger charge is -2.33. The van der Waals surface area contributed by atoms with Crippen molar-refractivity contribution in [2.24, 2.45) is 0 Å². The fraction of sp³-hybridized carbons (Fsp3) is 0.333. The topological polar surface area (TPSA) is 89.2 Å². The number of aromatic nitrogens is 4. The molecule has 1 atom stereocenters. The Balaban J connectivity index is 1.53. The Morgan fingerprint density at radius 2 is 2.15 bits per heavy atom. The number of morpholine rings is 1. The van der Waals surface area contributed by atoms with E-state index in [1.54, 1.807) is 12.4 Å². The van der Waals surface area contributed by atoms with Crippen molar-refractivity contribution >= 4 is 11.6 Å². The largest absolute Gasteiger partial charge is 0.378 e. The van der Waals surface area contributed by atoms with Gasteiger partial charge in [-0.1, -0.05) is 11.2 Å². The van der Waals surface area contributed by atoms with Gasteiger partial charge in [0.15, 0.2) is 0 Å². The lowest BCUT2D eigenvalue weighted by molar-refractivity contribution is -0.0167. The van der Waals surface area contributed by atoms with Crippen LogP contribution in [0.25, 0.3) is 0 Å². The van der Waals surface area contributed by atoms with E-state index in [9.17, 15) is 0 Å². The maximum Gasteiger partial charge on any atom is 0.150 e. The van der Waals surface area contributed by atoms with Gasteiger partial charge in [0, 0.05) is 31.5 Å². The van der Waals surface area contributed by atoms with E-state index in [4.69, 9.17) is 9.26 Å². The second-order valence-corrected chi connectivity index (χ2v) is 6.13. The van der Waals surface area contributed by atoms with Gasteiger partial charge >= 0.3 is 0 Å². The number of nitrogens with one attached hydrogen (secondary N) is 1. The number of rotatable bonds is 5. The van der Waals surface area contributed by atoms with Crippen molar-refractivity contribution in [2.45, 2.75) is 19.5 Å². The van der Waals surface area contributed by atoms with Gasteiger partial charge in [-0.15, -0.1) is 0 Å². The maximum absolute atomic E-state index is 5.67. The molecule has 8 heteroatoms. The third-order valence-corrected chi connectivity index (χ3v) is 4.17. The van der Waals surface area contributed by atoms with Crippen LogP contribution in [0.3, 0.4) is 0 Å².